The standard InChI is InChI=1S/C20H18BrF2N3O3S2/c21-18-16(29-14-6-7-26(10-14)9-13-4-2-1-3-5-13)8-15(22)20(19(18)23)31(27,28)25-17-11-30-12-24-17/h1-5,8,11-12,14,25H,6-7,9-10H2/t14-/m0/s1. The van der Waals surface area contributed by atoms with Crippen molar-refractivity contribution in [3.05, 3.63) is 69.0 Å². The van der Waals surface area contributed by atoms with Crippen molar-refractivity contribution in [3.8, 4) is 5.75 Å². The second-order valence-corrected chi connectivity index (χ2v) is 10.2. The van der Waals surface area contributed by atoms with E-state index in [0.29, 0.717) is 13.0 Å². The molecule has 0 spiro atoms. The van der Waals surface area contributed by atoms with E-state index in [4.69, 9.17) is 4.74 Å². The van der Waals surface area contributed by atoms with Gasteiger partial charge in [-0.3, -0.25) is 9.62 Å². The van der Waals surface area contributed by atoms with Gasteiger partial charge in [0.2, 0.25) is 0 Å². The highest BCUT2D eigenvalue weighted by Gasteiger charge is 2.31. The van der Waals surface area contributed by atoms with E-state index in [0.717, 1.165) is 30.5 Å². The molecule has 0 unspecified atom stereocenters. The van der Waals surface area contributed by atoms with Crippen LogP contribution in [0.3, 0.4) is 0 Å². The van der Waals surface area contributed by atoms with Crippen LogP contribution in [-0.2, 0) is 16.6 Å². The number of hydrogen-bond donors (Lipinski definition) is 1. The van der Waals surface area contributed by atoms with Gasteiger partial charge >= 0.3 is 0 Å². The van der Waals surface area contributed by atoms with Crippen LogP contribution < -0.4 is 9.46 Å². The molecule has 1 aromatic heterocycles. The summed E-state index contributed by atoms with van der Waals surface area (Å²) in [5.41, 5.74) is 2.57. The first kappa shape index (κ1) is 22.1. The molecule has 1 atom stereocenters. The Morgan fingerprint density at radius 1 is 1.29 bits per heavy atom. The number of nitrogens with one attached hydrogen (secondary N) is 1. The third kappa shape index (κ3) is 5.05. The fourth-order valence-corrected chi connectivity index (χ4v) is 5.64. The van der Waals surface area contributed by atoms with Crippen LogP contribution in [0.1, 0.15) is 12.0 Å². The minimum Gasteiger partial charge on any atom is -0.488 e. The quantitative estimate of drug-likeness (QED) is 0.451. The molecule has 3 aromatic rings. The number of rotatable bonds is 7. The molecule has 2 heterocycles. The Balaban J connectivity index is 1.49. The van der Waals surface area contributed by atoms with E-state index in [9.17, 15) is 17.2 Å². The Morgan fingerprint density at radius 2 is 2.06 bits per heavy atom. The Labute approximate surface area is 191 Å². The molecule has 1 aliphatic rings. The maximum absolute atomic E-state index is 14.9. The number of aromatic nitrogens is 1. The molecule has 0 amide bonds. The predicted octanol–water partition coefficient (Wildman–Crippen LogP) is 4.64. The van der Waals surface area contributed by atoms with Crippen LogP contribution in [0.25, 0.3) is 0 Å². The summed E-state index contributed by atoms with van der Waals surface area (Å²) >= 11 is 4.17. The first-order chi connectivity index (χ1) is 14.8. The Hall–Kier alpha value is -2.08. The van der Waals surface area contributed by atoms with Crippen molar-refractivity contribution in [3.63, 3.8) is 0 Å². The van der Waals surface area contributed by atoms with Crippen molar-refractivity contribution in [1.82, 2.24) is 9.88 Å². The van der Waals surface area contributed by atoms with Gasteiger partial charge in [0, 0.05) is 31.1 Å². The molecule has 1 saturated heterocycles. The molecule has 6 nitrogen and oxygen atoms in total. The van der Waals surface area contributed by atoms with Gasteiger partial charge < -0.3 is 4.74 Å². The van der Waals surface area contributed by atoms with Crippen LogP contribution in [0.4, 0.5) is 14.6 Å². The molecule has 0 saturated carbocycles. The summed E-state index contributed by atoms with van der Waals surface area (Å²) in [5, 5.41) is 1.42. The molecule has 2 aromatic carbocycles. The summed E-state index contributed by atoms with van der Waals surface area (Å²) in [6, 6.07) is 10.9. The summed E-state index contributed by atoms with van der Waals surface area (Å²) in [6.07, 6.45) is 0.419. The van der Waals surface area contributed by atoms with E-state index < -0.39 is 26.6 Å². The fraction of sp³-hybridized carbons (Fsp3) is 0.250. The molecule has 164 valence electrons. The number of likely N-dealkylation sites (tertiary alicyclic amines) is 1. The first-order valence-corrected chi connectivity index (χ1v) is 12.6. The minimum absolute atomic E-state index is 0.00953. The minimum atomic E-state index is -4.50. The molecule has 0 bridgehead atoms. The summed E-state index contributed by atoms with van der Waals surface area (Å²) in [4.78, 5) is 4.88. The van der Waals surface area contributed by atoms with Gasteiger partial charge in [-0.25, -0.2) is 22.2 Å². The van der Waals surface area contributed by atoms with E-state index in [1.54, 1.807) is 0 Å². The molecule has 31 heavy (non-hydrogen) atoms. The van der Waals surface area contributed by atoms with E-state index in [1.807, 2.05) is 30.3 Å². The zero-order valence-electron chi connectivity index (χ0n) is 16.1. The maximum Gasteiger partial charge on any atom is 0.268 e. The molecule has 1 N–H and O–H groups in total. The SMILES string of the molecule is O=S(=O)(Nc1cscn1)c1c(F)cc(O[C@H]2CCN(Cc3ccccc3)C2)c(Br)c1F. The summed E-state index contributed by atoms with van der Waals surface area (Å²) in [7, 11) is -4.50. The van der Waals surface area contributed by atoms with Crippen LogP contribution >= 0.6 is 27.3 Å². The van der Waals surface area contributed by atoms with Gasteiger partial charge in [-0.15, -0.1) is 11.3 Å². The average molecular weight is 530 g/mol. The Kier molecular flexibility index (Phi) is 6.56. The lowest BCUT2D eigenvalue weighted by molar-refractivity contribution is 0.195. The van der Waals surface area contributed by atoms with Crippen molar-refractivity contribution in [2.45, 2.75) is 24.0 Å². The van der Waals surface area contributed by atoms with E-state index in [-0.39, 0.29) is 22.1 Å². The van der Waals surface area contributed by atoms with E-state index in [1.165, 1.54) is 16.5 Å². The highest BCUT2D eigenvalue weighted by molar-refractivity contribution is 9.10. The van der Waals surface area contributed by atoms with Gasteiger partial charge in [0.05, 0.1) is 9.98 Å². The molecule has 1 aliphatic heterocycles. The predicted molar refractivity (Wildman–Crippen MR) is 118 cm³/mol. The number of anilines is 1. The van der Waals surface area contributed by atoms with Crippen molar-refractivity contribution < 1.29 is 21.9 Å². The normalized spacial score (nSPS) is 17.1. The highest BCUT2D eigenvalue weighted by Crippen LogP contribution is 2.36. The lowest BCUT2D eigenvalue weighted by Gasteiger charge is -2.18. The lowest BCUT2D eigenvalue weighted by Crippen LogP contribution is -2.25. The zero-order valence-corrected chi connectivity index (χ0v) is 19.3. The van der Waals surface area contributed by atoms with Crippen molar-refractivity contribution in [2.75, 3.05) is 17.8 Å². The van der Waals surface area contributed by atoms with Crippen LogP contribution in [0.15, 0.2) is 56.7 Å². The lowest BCUT2D eigenvalue weighted by atomic mass is 10.2. The average Bonchev–Trinajstić information content (AvgIpc) is 3.38. The Morgan fingerprint density at radius 3 is 2.77 bits per heavy atom. The number of hydrogen-bond acceptors (Lipinski definition) is 6. The van der Waals surface area contributed by atoms with Gasteiger partial charge in [0.15, 0.2) is 22.3 Å². The van der Waals surface area contributed by atoms with Crippen LogP contribution in [0, 0.1) is 11.6 Å². The van der Waals surface area contributed by atoms with Gasteiger partial charge in [0.25, 0.3) is 10.0 Å². The third-order valence-corrected chi connectivity index (χ3v) is 7.51. The second-order valence-electron chi connectivity index (χ2n) is 7.04. The number of thiazole rings is 1. The zero-order chi connectivity index (χ0) is 22.0. The van der Waals surface area contributed by atoms with E-state index in [2.05, 4.69) is 30.5 Å². The summed E-state index contributed by atoms with van der Waals surface area (Å²) in [6.45, 7) is 2.13. The van der Waals surface area contributed by atoms with Gasteiger partial charge in [-0.05, 0) is 27.9 Å². The van der Waals surface area contributed by atoms with Crippen LogP contribution in [0.2, 0.25) is 0 Å². The highest BCUT2D eigenvalue weighted by atomic mass is 79.9. The number of benzene rings is 2. The Bertz CT molecular complexity index is 1160. The molecular weight excluding hydrogens is 512 g/mol. The molecule has 0 radical (unpaired) electrons. The van der Waals surface area contributed by atoms with Crippen LogP contribution in [-0.4, -0.2) is 37.5 Å². The van der Waals surface area contributed by atoms with E-state index >= 15 is 0 Å². The molecule has 4 rings (SSSR count). The largest absolute Gasteiger partial charge is 0.488 e. The summed E-state index contributed by atoms with van der Waals surface area (Å²) < 4.78 is 62.1. The van der Waals surface area contributed by atoms with Crippen molar-refractivity contribution >= 4 is 43.1 Å². The number of ether oxygens (including phenoxy) is 1. The number of halogens is 3. The molecule has 1 fully saturated rings. The molecule has 11 heteroatoms. The molecular formula is C20H18BrF2N3O3S2. The van der Waals surface area contributed by atoms with Gasteiger partial charge in [-0.2, -0.15) is 0 Å². The molecule has 0 aliphatic carbocycles. The van der Waals surface area contributed by atoms with Gasteiger partial charge in [0.1, 0.15) is 11.9 Å². The number of nitrogens with zero attached hydrogens (tertiary/aromatic N) is 2. The monoisotopic (exact) mass is 529 g/mol. The second kappa shape index (κ2) is 9.19. The third-order valence-electron chi connectivity index (χ3n) is 4.79. The van der Waals surface area contributed by atoms with Crippen molar-refractivity contribution in [2.24, 2.45) is 0 Å². The number of sulfonamides is 1. The van der Waals surface area contributed by atoms with Crippen LogP contribution in [0.5, 0.6) is 5.75 Å². The topological polar surface area (TPSA) is 71.5 Å². The summed E-state index contributed by atoms with van der Waals surface area (Å²) in [5.74, 6) is -2.58. The smallest absolute Gasteiger partial charge is 0.268 e. The fourth-order valence-electron chi connectivity index (χ4n) is 3.40. The van der Waals surface area contributed by atoms with Gasteiger partial charge in [-0.1, -0.05) is 30.3 Å². The van der Waals surface area contributed by atoms with Crippen molar-refractivity contribution in [1.29, 1.82) is 0 Å². The maximum atomic E-state index is 14.9. The first-order valence-electron chi connectivity index (χ1n) is 9.35.